The molecule has 2 aromatic carbocycles. The number of rotatable bonds is 4. The molecule has 0 aliphatic rings. The predicted octanol–water partition coefficient (Wildman–Crippen LogP) is 2.59. The van der Waals surface area contributed by atoms with Gasteiger partial charge in [-0.15, -0.1) is 0 Å². The van der Waals surface area contributed by atoms with Crippen LogP contribution >= 0.6 is 0 Å². The first-order valence-electron chi connectivity index (χ1n) is 10.9. The molecule has 4 aromatic rings. The van der Waals surface area contributed by atoms with Crippen molar-refractivity contribution in [2.24, 2.45) is 11.5 Å². The van der Waals surface area contributed by atoms with E-state index in [0.717, 1.165) is 21.8 Å². The Morgan fingerprint density at radius 1 is 0.667 bits per heavy atom. The number of carboxylic acid groups (broad SMARTS) is 2. The molecule has 36 heavy (non-hydrogen) atoms. The second kappa shape index (κ2) is 11.6. The number of benzene rings is 2. The quantitative estimate of drug-likeness (QED) is 0.309. The van der Waals surface area contributed by atoms with Gasteiger partial charge in [-0.05, 0) is 39.8 Å². The van der Waals surface area contributed by atoms with E-state index in [-0.39, 0.29) is 12.1 Å². The Bertz CT molecular complexity index is 1310. The molecule has 190 valence electrons. The molecular weight excluding hydrogens is 468 g/mol. The lowest BCUT2D eigenvalue weighted by atomic mass is 10.2. The summed E-state index contributed by atoms with van der Waals surface area (Å²) >= 11 is 0. The van der Waals surface area contributed by atoms with Crippen LogP contribution in [0.15, 0.2) is 48.5 Å². The minimum Gasteiger partial charge on any atom is -0.473 e. The lowest BCUT2D eigenvalue weighted by molar-refractivity contribution is -0.159. The Labute approximate surface area is 206 Å². The first kappa shape index (κ1) is 27.5. The number of para-hydroxylation sites is 2. The zero-order valence-electron chi connectivity index (χ0n) is 20.2. The molecule has 4 rings (SSSR count). The van der Waals surface area contributed by atoms with Gasteiger partial charge in [-0.2, -0.15) is 10.2 Å². The SMILES string of the molecule is CC(C)n1nc(C(N)=O)c2ccccc21.CC(C)n1nc(C(N)=O)c2ccccc21.O=C(O)C(=O)O. The smallest absolute Gasteiger partial charge is 0.414 e. The van der Waals surface area contributed by atoms with Gasteiger partial charge in [-0.1, -0.05) is 36.4 Å². The van der Waals surface area contributed by atoms with Gasteiger partial charge in [0, 0.05) is 22.9 Å². The van der Waals surface area contributed by atoms with Gasteiger partial charge >= 0.3 is 11.9 Å². The molecule has 0 spiro atoms. The molecule has 0 radical (unpaired) electrons. The Balaban J connectivity index is 0.000000208. The van der Waals surface area contributed by atoms with E-state index in [2.05, 4.69) is 10.2 Å². The van der Waals surface area contributed by atoms with Crippen LogP contribution in [0.2, 0.25) is 0 Å². The average molecular weight is 497 g/mol. The van der Waals surface area contributed by atoms with Crippen LogP contribution in [0.4, 0.5) is 0 Å². The molecule has 0 saturated heterocycles. The van der Waals surface area contributed by atoms with Gasteiger partial charge < -0.3 is 21.7 Å². The number of nitrogens with two attached hydrogens (primary N) is 2. The predicted molar refractivity (Wildman–Crippen MR) is 133 cm³/mol. The van der Waals surface area contributed by atoms with Crippen LogP contribution in [0.5, 0.6) is 0 Å². The summed E-state index contributed by atoms with van der Waals surface area (Å²) in [5, 5.41) is 24.9. The number of hydrogen-bond acceptors (Lipinski definition) is 6. The number of amides is 2. The average Bonchev–Trinajstić information content (AvgIpc) is 3.40. The Kier molecular flexibility index (Phi) is 8.86. The summed E-state index contributed by atoms with van der Waals surface area (Å²) in [7, 11) is 0. The maximum Gasteiger partial charge on any atom is 0.414 e. The van der Waals surface area contributed by atoms with Gasteiger partial charge in [0.2, 0.25) is 0 Å². The van der Waals surface area contributed by atoms with Crippen LogP contribution in [-0.2, 0) is 9.59 Å². The first-order valence-corrected chi connectivity index (χ1v) is 10.9. The van der Waals surface area contributed by atoms with Crippen molar-refractivity contribution >= 4 is 45.6 Å². The van der Waals surface area contributed by atoms with Crippen LogP contribution in [0.1, 0.15) is 60.8 Å². The lowest BCUT2D eigenvalue weighted by Gasteiger charge is -2.05. The van der Waals surface area contributed by atoms with Gasteiger partial charge in [-0.25, -0.2) is 9.59 Å². The number of nitrogens with zero attached hydrogens (tertiary/aromatic N) is 4. The molecule has 6 N–H and O–H groups in total. The fourth-order valence-electron chi connectivity index (χ4n) is 3.33. The van der Waals surface area contributed by atoms with E-state index in [1.165, 1.54) is 0 Å². The summed E-state index contributed by atoms with van der Waals surface area (Å²) in [5.74, 6) is -4.61. The van der Waals surface area contributed by atoms with Gasteiger partial charge in [0.15, 0.2) is 11.4 Å². The van der Waals surface area contributed by atoms with Crippen molar-refractivity contribution in [3.05, 3.63) is 59.9 Å². The molecule has 2 heterocycles. The second-order valence-electron chi connectivity index (χ2n) is 8.15. The lowest BCUT2D eigenvalue weighted by Crippen LogP contribution is -2.13. The van der Waals surface area contributed by atoms with E-state index in [0.29, 0.717) is 11.4 Å². The third kappa shape index (κ3) is 6.23. The monoisotopic (exact) mass is 496 g/mol. The van der Waals surface area contributed by atoms with Crippen LogP contribution in [0.3, 0.4) is 0 Å². The van der Waals surface area contributed by atoms with Crippen molar-refractivity contribution in [3.63, 3.8) is 0 Å². The number of primary amides is 2. The standard InChI is InChI=1S/2C11H13N3O.C2H2O4/c2*1-7(2)14-9-6-4-3-5-8(9)10(13-14)11(12)15;3-1(4)2(5)6/h2*3-7H,1-2H3,(H2,12,15);(H,3,4)(H,5,6). The molecule has 0 aliphatic carbocycles. The molecule has 12 heteroatoms. The molecule has 0 bridgehead atoms. The molecule has 0 unspecified atom stereocenters. The summed E-state index contributed by atoms with van der Waals surface area (Å²) in [6, 6.07) is 15.6. The van der Waals surface area contributed by atoms with Gasteiger partial charge in [0.05, 0.1) is 11.0 Å². The highest BCUT2D eigenvalue weighted by Crippen LogP contribution is 2.22. The van der Waals surface area contributed by atoms with E-state index in [9.17, 15) is 9.59 Å². The number of carboxylic acids is 2. The zero-order valence-corrected chi connectivity index (χ0v) is 20.2. The third-order valence-corrected chi connectivity index (χ3v) is 4.86. The third-order valence-electron chi connectivity index (χ3n) is 4.86. The number of carbonyl (C=O) groups excluding carboxylic acids is 2. The normalized spacial score (nSPS) is 10.5. The number of hydrogen-bond donors (Lipinski definition) is 4. The summed E-state index contributed by atoms with van der Waals surface area (Å²) in [6.07, 6.45) is 0. The first-order chi connectivity index (χ1) is 16.9. The largest absolute Gasteiger partial charge is 0.473 e. The molecular formula is C24H28N6O6. The number of aromatic nitrogens is 4. The fourth-order valence-corrected chi connectivity index (χ4v) is 3.33. The molecule has 0 atom stereocenters. The van der Waals surface area contributed by atoms with E-state index in [1.54, 1.807) is 0 Å². The van der Waals surface area contributed by atoms with E-state index < -0.39 is 23.8 Å². The summed E-state index contributed by atoms with van der Waals surface area (Å²) in [4.78, 5) is 40.6. The topological polar surface area (TPSA) is 196 Å². The van der Waals surface area contributed by atoms with Crippen molar-refractivity contribution in [2.75, 3.05) is 0 Å². The molecule has 0 fully saturated rings. The van der Waals surface area contributed by atoms with E-state index in [1.807, 2.05) is 85.6 Å². The van der Waals surface area contributed by atoms with Crippen LogP contribution in [0, 0.1) is 0 Å². The summed E-state index contributed by atoms with van der Waals surface area (Å²) in [5.41, 5.74) is 13.1. The highest BCUT2D eigenvalue weighted by Gasteiger charge is 2.16. The molecule has 0 aliphatic heterocycles. The number of fused-ring (bicyclic) bond motifs is 2. The minimum absolute atomic E-state index is 0.211. The Morgan fingerprint density at radius 3 is 1.22 bits per heavy atom. The number of carbonyl (C=O) groups is 4. The Morgan fingerprint density at radius 2 is 0.972 bits per heavy atom. The summed E-state index contributed by atoms with van der Waals surface area (Å²) < 4.78 is 3.63. The molecule has 0 saturated carbocycles. The van der Waals surface area contributed by atoms with Crippen molar-refractivity contribution in [1.29, 1.82) is 0 Å². The summed E-state index contributed by atoms with van der Waals surface area (Å²) in [6.45, 7) is 8.07. The zero-order chi connectivity index (χ0) is 27.2. The molecule has 2 amide bonds. The van der Waals surface area contributed by atoms with Gasteiger partial charge in [-0.3, -0.25) is 19.0 Å². The number of aliphatic carboxylic acids is 2. The maximum atomic E-state index is 11.2. The van der Waals surface area contributed by atoms with Crippen LogP contribution < -0.4 is 11.5 Å². The minimum atomic E-state index is -1.82. The Hall–Kier alpha value is -4.74. The van der Waals surface area contributed by atoms with E-state index in [4.69, 9.17) is 31.3 Å². The second-order valence-corrected chi connectivity index (χ2v) is 8.15. The van der Waals surface area contributed by atoms with Crippen molar-refractivity contribution in [1.82, 2.24) is 19.6 Å². The van der Waals surface area contributed by atoms with Crippen LogP contribution in [-0.4, -0.2) is 53.5 Å². The van der Waals surface area contributed by atoms with Crippen molar-refractivity contribution in [2.45, 2.75) is 39.8 Å². The molecule has 12 nitrogen and oxygen atoms in total. The van der Waals surface area contributed by atoms with Gasteiger partial charge in [0.25, 0.3) is 11.8 Å². The van der Waals surface area contributed by atoms with Crippen molar-refractivity contribution < 1.29 is 29.4 Å². The van der Waals surface area contributed by atoms with Gasteiger partial charge in [0.1, 0.15) is 0 Å². The van der Waals surface area contributed by atoms with Crippen LogP contribution in [0.25, 0.3) is 21.8 Å². The molecule has 2 aromatic heterocycles. The highest BCUT2D eigenvalue weighted by molar-refractivity contribution is 6.27. The highest BCUT2D eigenvalue weighted by atomic mass is 16.4. The van der Waals surface area contributed by atoms with E-state index >= 15 is 0 Å². The van der Waals surface area contributed by atoms with Crippen molar-refractivity contribution in [3.8, 4) is 0 Å². The fraction of sp³-hybridized carbons (Fsp3) is 0.250. The maximum absolute atomic E-state index is 11.2.